The van der Waals surface area contributed by atoms with E-state index in [4.69, 9.17) is 14.6 Å². The fourth-order valence-electron chi connectivity index (χ4n) is 2.38. The topological polar surface area (TPSA) is 146 Å². The Balaban J connectivity index is 2.19. The van der Waals surface area contributed by atoms with Gasteiger partial charge in [0.2, 0.25) is 12.2 Å². The number of hydrogen-bond donors (Lipinski definition) is 5. The van der Waals surface area contributed by atoms with Gasteiger partial charge in [-0.3, -0.25) is 4.79 Å². The summed E-state index contributed by atoms with van der Waals surface area (Å²) in [5.41, 5.74) is 0.0639. The number of benzene rings is 1. The summed E-state index contributed by atoms with van der Waals surface area (Å²) >= 11 is 0. The van der Waals surface area contributed by atoms with Crippen LogP contribution in [0.25, 0.3) is 0 Å². The molecule has 1 saturated heterocycles. The number of aromatic carboxylic acids is 1. The molecule has 5 N–H and O–H groups in total. The van der Waals surface area contributed by atoms with Gasteiger partial charge in [0.1, 0.15) is 30.1 Å². The first-order valence-corrected chi connectivity index (χ1v) is 7.23. The number of aliphatic hydroxyl groups is 3. The van der Waals surface area contributed by atoms with Crippen molar-refractivity contribution in [3.63, 3.8) is 0 Å². The third kappa shape index (κ3) is 4.01. The van der Waals surface area contributed by atoms with E-state index in [0.29, 0.717) is 0 Å². The van der Waals surface area contributed by atoms with E-state index in [2.05, 4.69) is 5.32 Å². The van der Waals surface area contributed by atoms with Crippen molar-refractivity contribution in [2.45, 2.75) is 37.6 Å². The van der Waals surface area contributed by atoms with Crippen LogP contribution in [0.15, 0.2) is 24.3 Å². The summed E-state index contributed by atoms with van der Waals surface area (Å²) in [4.78, 5) is 22.1. The number of hydrogen-bond acceptors (Lipinski definition) is 7. The van der Waals surface area contributed by atoms with Crippen LogP contribution in [0.4, 0.5) is 0 Å². The molecule has 1 amide bonds. The van der Waals surface area contributed by atoms with Crippen molar-refractivity contribution in [3.05, 3.63) is 29.8 Å². The average molecular weight is 341 g/mol. The molecule has 9 nitrogen and oxygen atoms in total. The van der Waals surface area contributed by atoms with Crippen molar-refractivity contribution in [3.8, 4) is 5.75 Å². The lowest BCUT2D eigenvalue weighted by Gasteiger charge is -2.42. The monoisotopic (exact) mass is 341 g/mol. The lowest BCUT2D eigenvalue weighted by atomic mass is 9.97. The number of nitrogens with one attached hydrogen (secondary N) is 1. The molecule has 1 aromatic rings. The van der Waals surface area contributed by atoms with E-state index in [0.717, 1.165) is 0 Å². The summed E-state index contributed by atoms with van der Waals surface area (Å²) in [5.74, 6) is -1.32. The van der Waals surface area contributed by atoms with Gasteiger partial charge in [0.15, 0.2) is 0 Å². The molecule has 1 fully saturated rings. The fourth-order valence-corrected chi connectivity index (χ4v) is 2.38. The Hall–Kier alpha value is -2.20. The molecule has 0 saturated carbocycles. The first kappa shape index (κ1) is 18.1. The summed E-state index contributed by atoms with van der Waals surface area (Å²) in [6.45, 7) is 0.679. The Morgan fingerprint density at radius 3 is 2.33 bits per heavy atom. The van der Waals surface area contributed by atoms with Gasteiger partial charge in [-0.25, -0.2) is 4.79 Å². The van der Waals surface area contributed by atoms with E-state index in [1.807, 2.05) is 0 Å². The van der Waals surface area contributed by atoms with Crippen LogP contribution in [0.5, 0.6) is 5.75 Å². The molecular weight excluding hydrogens is 322 g/mol. The number of amides is 1. The highest BCUT2D eigenvalue weighted by atomic mass is 16.7. The highest BCUT2D eigenvalue weighted by Gasteiger charge is 2.46. The average Bonchev–Trinajstić information content (AvgIpc) is 2.54. The molecule has 5 atom stereocenters. The Morgan fingerprint density at radius 2 is 1.83 bits per heavy atom. The zero-order valence-electron chi connectivity index (χ0n) is 12.8. The van der Waals surface area contributed by atoms with E-state index in [1.165, 1.54) is 31.2 Å². The number of carbonyl (C=O) groups excluding carboxylic acids is 1. The molecule has 0 aromatic heterocycles. The van der Waals surface area contributed by atoms with Crippen LogP contribution in [0.2, 0.25) is 0 Å². The summed E-state index contributed by atoms with van der Waals surface area (Å²) in [6.07, 6.45) is -5.09. The minimum Gasteiger partial charge on any atom is -0.478 e. The van der Waals surface area contributed by atoms with Gasteiger partial charge in [-0.15, -0.1) is 0 Å². The Kier molecular flexibility index (Phi) is 5.73. The first-order chi connectivity index (χ1) is 11.3. The number of aliphatic hydroxyl groups excluding tert-OH is 3. The van der Waals surface area contributed by atoms with Crippen molar-refractivity contribution in [2.24, 2.45) is 0 Å². The molecule has 2 unspecified atom stereocenters. The molecule has 132 valence electrons. The number of carbonyl (C=O) groups is 2. The predicted molar refractivity (Wildman–Crippen MR) is 79.4 cm³/mol. The smallest absolute Gasteiger partial charge is 0.335 e. The fraction of sp³-hybridized carbons (Fsp3) is 0.467. The van der Waals surface area contributed by atoms with Gasteiger partial charge in [-0.1, -0.05) is 0 Å². The maximum absolute atomic E-state index is 11.3. The zero-order valence-corrected chi connectivity index (χ0v) is 12.8. The van der Waals surface area contributed by atoms with Crippen molar-refractivity contribution in [1.29, 1.82) is 0 Å². The molecule has 9 heteroatoms. The second kappa shape index (κ2) is 7.58. The summed E-state index contributed by atoms with van der Waals surface area (Å²) in [6, 6.07) is 4.36. The molecule has 24 heavy (non-hydrogen) atoms. The molecule has 0 bridgehead atoms. The van der Waals surface area contributed by atoms with Crippen molar-refractivity contribution >= 4 is 11.9 Å². The maximum Gasteiger partial charge on any atom is 0.335 e. The van der Waals surface area contributed by atoms with Crippen molar-refractivity contribution < 1.29 is 39.5 Å². The minimum absolute atomic E-state index is 0.0639. The van der Waals surface area contributed by atoms with Gasteiger partial charge in [-0.2, -0.15) is 0 Å². The molecule has 0 spiro atoms. The summed E-state index contributed by atoms with van der Waals surface area (Å²) in [5, 5.41) is 40.6. The molecular formula is C15H19NO8. The highest BCUT2D eigenvalue weighted by Crippen LogP contribution is 2.24. The second-order valence-electron chi connectivity index (χ2n) is 5.38. The van der Waals surface area contributed by atoms with Crippen LogP contribution in [0.1, 0.15) is 17.3 Å². The molecule has 0 radical (unpaired) electrons. The van der Waals surface area contributed by atoms with Crippen LogP contribution in [-0.4, -0.2) is 69.6 Å². The van der Waals surface area contributed by atoms with Crippen molar-refractivity contribution in [2.75, 3.05) is 6.61 Å². The van der Waals surface area contributed by atoms with Crippen LogP contribution < -0.4 is 10.1 Å². The maximum atomic E-state index is 11.3. The number of ether oxygens (including phenoxy) is 2. The summed E-state index contributed by atoms with van der Waals surface area (Å²) in [7, 11) is 0. The second-order valence-corrected chi connectivity index (χ2v) is 5.38. The zero-order chi connectivity index (χ0) is 17.9. The third-order valence-corrected chi connectivity index (χ3v) is 3.60. The molecule has 1 aliphatic heterocycles. The molecule has 2 rings (SSSR count). The molecule has 1 aliphatic rings. The summed E-state index contributed by atoms with van der Waals surface area (Å²) < 4.78 is 10.9. The quantitative estimate of drug-likeness (QED) is 0.445. The van der Waals surface area contributed by atoms with E-state index >= 15 is 0 Å². The molecule has 1 aromatic carbocycles. The van der Waals surface area contributed by atoms with E-state index in [-0.39, 0.29) is 11.3 Å². The normalized spacial score (nSPS) is 29.8. The number of carboxylic acid groups (broad SMARTS) is 1. The van der Waals surface area contributed by atoms with Gasteiger partial charge in [0, 0.05) is 6.92 Å². The third-order valence-electron chi connectivity index (χ3n) is 3.60. The van der Waals surface area contributed by atoms with Crippen LogP contribution >= 0.6 is 0 Å². The minimum atomic E-state index is -1.41. The Bertz CT molecular complexity index is 590. The standard InChI is InChI=1S/C15H19NO8/c1-7(18)16-11-13(20)12(19)10(6-17)24-15(11)23-9-4-2-8(3-5-9)14(21)22/h2-5,10-13,15,17,19-20H,6H2,1H3,(H,16,18)(H,21,22)/t10?,11?,12-,13-,15-/m1/s1. The van der Waals surface area contributed by atoms with E-state index in [9.17, 15) is 24.9 Å². The lowest BCUT2D eigenvalue weighted by Crippen LogP contribution is -2.65. The van der Waals surface area contributed by atoms with Gasteiger partial charge < -0.3 is 35.2 Å². The molecule has 1 heterocycles. The number of rotatable bonds is 5. The lowest BCUT2D eigenvalue weighted by molar-refractivity contribution is -0.244. The van der Waals surface area contributed by atoms with Crippen LogP contribution in [0, 0.1) is 0 Å². The first-order valence-electron chi connectivity index (χ1n) is 7.23. The highest BCUT2D eigenvalue weighted by molar-refractivity contribution is 5.87. The predicted octanol–water partition coefficient (Wildman–Crippen LogP) is -1.29. The van der Waals surface area contributed by atoms with Crippen LogP contribution in [-0.2, 0) is 9.53 Å². The van der Waals surface area contributed by atoms with Gasteiger partial charge in [-0.05, 0) is 24.3 Å². The van der Waals surface area contributed by atoms with Crippen molar-refractivity contribution in [1.82, 2.24) is 5.32 Å². The SMILES string of the molecule is CC(=O)NC1[C@H](Oc2ccc(C(=O)O)cc2)OC(CO)[C@@H](O)[C@@H]1O. The Labute approximate surface area is 137 Å². The van der Waals surface area contributed by atoms with E-state index in [1.54, 1.807) is 0 Å². The van der Waals surface area contributed by atoms with E-state index < -0.39 is 49.1 Å². The van der Waals surface area contributed by atoms with Crippen LogP contribution in [0.3, 0.4) is 0 Å². The van der Waals surface area contributed by atoms with Gasteiger partial charge >= 0.3 is 5.97 Å². The van der Waals surface area contributed by atoms with Gasteiger partial charge in [0.05, 0.1) is 12.2 Å². The van der Waals surface area contributed by atoms with Gasteiger partial charge in [0.25, 0.3) is 0 Å². The Morgan fingerprint density at radius 1 is 1.21 bits per heavy atom. The molecule has 0 aliphatic carbocycles. The number of carboxylic acids is 1. The largest absolute Gasteiger partial charge is 0.478 e.